The van der Waals surface area contributed by atoms with Gasteiger partial charge in [0.15, 0.2) is 5.78 Å². The number of nitrogens with one attached hydrogen (secondary N) is 2. The first kappa shape index (κ1) is 31.8. The molecule has 44 heavy (non-hydrogen) atoms. The molecule has 2 saturated carbocycles. The predicted octanol–water partition coefficient (Wildman–Crippen LogP) is 6.47. The van der Waals surface area contributed by atoms with Gasteiger partial charge < -0.3 is 15.4 Å². The number of amides is 2. The van der Waals surface area contributed by atoms with E-state index in [9.17, 15) is 14.4 Å². The molecule has 0 saturated heterocycles. The number of hydrogen-bond donors (Lipinski definition) is 2. The van der Waals surface area contributed by atoms with E-state index in [0.29, 0.717) is 29.8 Å². The molecule has 2 N–H and O–H groups in total. The zero-order chi connectivity index (χ0) is 31.4. The molecule has 0 spiro atoms. The number of rotatable bonds is 15. The Morgan fingerprint density at radius 2 is 1.57 bits per heavy atom. The molecule has 1 unspecified atom stereocenters. The number of carbonyl (C=O) groups excluding carboxylic acids is 3. The van der Waals surface area contributed by atoms with E-state index in [-0.39, 0.29) is 30.1 Å². The average molecular weight is 615 g/mol. The molecule has 1 aromatic heterocycles. The number of hydrogen-bond acceptors (Lipinski definition) is 5. The highest BCUT2D eigenvalue weighted by atomic mass is 28.3. The number of Topliss-reactive ketones (excluding diaryl/α,β-unsaturated/α-hetero) is 1. The summed E-state index contributed by atoms with van der Waals surface area (Å²) in [7, 11) is -1.15. The molecule has 2 aliphatic rings. The van der Waals surface area contributed by atoms with Crippen molar-refractivity contribution in [2.24, 2.45) is 23.7 Å². The van der Waals surface area contributed by atoms with Gasteiger partial charge in [-0.1, -0.05) is 62.1 Å². The van der Waals surface area contributed by atoms with Gasteiger partial charge in [-0.3, -0.25) is 14.4 Å². The van der Waals surface area contributed by atoms with Crippen LogP contribution in [0, 0.1) is 37.5 Å². The molecular weight excluding hydrogens is 568 g/mol. The lowest BCUT2D eigenvalue weighted by Crippen LogP contribution is -2.45. The van der Waals surface area contributed by atoms with Crippen molar-refractivity contribution in [3.63, 3.8) is 0 Å². The summed E-state index contributed by atoms with van der Waals surface area (Å²) in [6.45, 7) is 12.1. The van der Waals surface area contributed by atoms with E-state index in [1.54, 1.807) is 24.3 Å². The van der Waals surface area contributed by atoms with Crippen molar-refractivity contribution >= 4 is 31.4 Å². The Morgan fingerprint density at radius 1 is 0.932 bits per heavy atom. The molecule has 2 amide bonds. The van der Waals surface area contributed by atoms with Gasteiger partial charge in [-0.15, -0.1) is 0 Å². The Kier molecular flexibility index (Phi) is 9.85. The van der Waals surface area contributed by atoms with Gasteiger partial charge in [-0.25, -0.2) is 4.68 Å². The van der Waals surface area contributed by atoms with Crippen molar-refractivity contribution in [1.29, 1.82) is 0 Å². The van der Waals surface area contributed by atoms with Crippen LogP contribution >= 0.6 is 0 Å². The van der Waals surface area contributed by atoms with Crippen LogP contribution < -0.4 is 10.6 Å². The summed E-state index contributed by atoms with van der Waals surface area (Å²) < 4.78 is 7.85. The molecule has 2 aromatic carbocycles. The Balaban J connectivity index is 1.25. The van der Waals surface area contributed by atoms with Crippen LogP contribution in [0.5, 0.6) is 0 Å². The first-order chi connectivity index (χ1) is 21.0. The summed E-state index contributed by atoms with van der Waals surface area (Å²) in [5.74, 6) is -0.890. The summed E-state index contributed by atoms with van der Waals surface area (Å²) in [5, 5.41) is 10.5. The highest BCUT2D eigenvalue weighted by Crippen LogP contribution is 2.52. The zero-order valence-electron chi connectivity index (χ0n) is 26.7. The zero-order valence-corrected chi connectivity index (χ0v) is 27.7. The molecule has 2 aliphatic carbocycles. The van der Waals surface area contributed by atoms with Gasteiger partial charge in [0.05, 0.1) is 12.2 Å². The van der Waals surface area contributed by atoms with Crippen LogP contribution in [0.25, 0.3) is 11.1 Å². The molecule has 234 valence electrons. The lowest BCUT2D eigenvalue weighted by atomic mass is 9.82. The van der Waals surface area contributed by atoms with Crippen LogP contribution in [-0.4, -0.2) is 48.6 Å². The molecule has 9 heteroatoms. The maximum Gasteiger partial charge on any atom is 0.237 e. The van der Waals surface area contributed by atoms with Crippen molar-refractivity contribution < 1.29 is 19.1 Å². The van der Waals surface area contributed by atoms with Gasteiger partial charge in [0.25, 0.3) is 0 Å². The van der Waals surface area contributed by atoms with E-state index in [0.717, 1.165) is 60.8 Å². The fraction of sp³-hybridized carbons (Fsp3) is 0.486. The standard InChI is InChI=1S/C35H46N4O4Si/c1-23-31(24(2)39(38-23)22-43-19-20-44(3,4)5)26-15-17-29(18-16-26)37-35(42)33(32(27-11-12-27)28-13-14-28)34(41)36-21-30(40)25-9-7-6-8-10-25/h6-10,15-18,27-28,32-33H,11-14,19-22H2,1-5H3,(H,36,41)(H,37,42). The van der Waals surface area contributed by atoms with Crippen molar-refractivity contribution in [2.75, 3.05) is 18.5 Å². The maximum atomic E-state index is 13.7. The van der Waals surface area contributed by atoms with E-state index in [2.05, 4.69) is 37.2 Å². The minimum Gasteiger partial charge on any atom is -0.360 e. The lowest BCUT2D eigenvalue weighted by molar-refractivity contribution is -0.135. The number of aryl methyl sites for hydroxylation is 1. The molecular formula is C35H46N4O4Si. The van der Waals surface area contributed by atoms with Crippen molar-refractivity contribution in [3.05, 3.63) is 71.5 Å². The van der Waals surface area contributed by atoms with Crippen LogP contribution in [0.2, 0.25) is 25.7 Å². The highest BCUT2D eigenvalue weighted by Gasteiger charge is 2.50. The SMILES string of the molecule is Cc1nn(COCC[Si](C)(C)C)c(C)c1-c1ccc(NC(=O)C(C(=O)NCC(=O)c2ccccc2)C(C2CC2)C2CC2)cc1. The van der Waals surface area contributed by atoms with Gasteiger partial charge in [0.1, 0.15) is 12.6 Å². The molecule has 0 bridgehead atoms. The molecule has 5 rings (SSSR count). The fourth-order valence-electron chi connectivity index (χ4n) is 6.07. The van der Waals surface area contributed by atoms with Crippen LogP contribution in [0.4, 0.5) is 5.69 Å². The van der Waals surface area contributed by atoms with Crippen molar-refractivity contribution in [1.82, 2.24) is 15.1 Å². The monoisotopic (exact) mass is 614 g/mol. The van der Waals surface area contributed by atoms with Gasteiger partial charge in [0.2, 0.25) is 11.8 Å². The molecule has 0 radical (unpaired) electrons. The molecule has 0 aliphatic heterocycles. The summed E-state index contributed by atoms with van der Waals surface area (Å²) in [6, 6.07) is 17.7. The maximum absolute atomic E-state index is 13.7. The molecule has 1 atom stereocenters. The van der Waals surface area contributed by atoms with E-state index < -0.39 is 14.0 Å². The second kappa shape index (κ2) is 13.6. The fourth-order valence-corrected chi connectivity index (χ4v) is 6.83. The summed E-state index contributed by atoms with van der Waals surface area (Å²) in [4.78, 5) is 39.9. The topological polar surface area (TPSA) is 102 Å². The third-order valence-corrected chi connectivity index (χ3v) is 10.5. The predicted molar refractivity (Wildman–Crippen MR) is 176 cm³/mol. The lowest BCUT2D eigenvalue weighted by Gasteiger charge is -2.26. The number of ketones is 1. The van der Waals surface area contributed by atoms with E-state index >= 15 is 0 Å². The van der Waals surface area contributed by atoms with Crippen LogP contribution in [0.15, 0.2) is 54.6 Å². The third kappa shape index (κ3) is 8.12. The van der Waals surface area contributed by atoms with Gasteiger partial charge in [-0.05, 0) is 81.0 Å². The van der Waals surface area contributed by atoms with E-state index in [4.69, 9.17) is 9.84 Å². The second-order valence-electron chi connectivity index (χ2n) is 13.7. The van der Waals surface area contributed by atoms with E-state index in [1.807, 2.05) is 41.9 Å². The van der Waals surface area contributed by atoms with Crippen LogP contribution in [-0.2, 0) is 21.1 Å². The number of anilines is 1. The largest absolute Gasteiger partial charge is 0.360 e. The van der Waals surface area contributed by atoms with Gasteiger partial charge in [0, 0.05) is 37.2 Å². The average Bonchev–Trinajstić information content (AvgIpc) is 3.92. The van der Waals surface area contributed by atoms with Gasteiger partial charge >= 0.3 is 0 Å². The normalized spacial score (nSPS) is 15.7. The minimum absolute atomic E-state index is 0.00481. The smallest absolute Gasteiger partial charge is 0.237 e. The second-order valence-corrected chi connectivity index (χ2v) is 19.3. The van der Waals surface area contributed by atoms with E-state index in [1.165, 1.54) is 0 Å². The molecule has 2 fully saturated rings. The molecule has 3 aromatic rings. The highest BCUT2D eigenvalue weighted by molar-refractivity contribution is 6.76. The van der Waals surface area contributed by atoms with Crippen molar-refractivity contribution in [2.45, 2.75) is 71.9 Å². The summed E-state index contributed by atoms with van der Waals surface area (Å²) >= 11 is 0. The van der Waals surface area contributed by atoms with Crippen LogP contribution in [0.1, 0.15) is 47.4 Å². The number of benzene rings is 2. The Hall–Kier alpha value is -3.56. The first-order valence-electron chi connectivity index (χ1n) is 15.9. The Morgan fingerprint density at radius 3 is 2.16 bits per heavy atom. The quantitative estimate of drug-likeness (QED) is 0.0884. The van der Waals surface area contributed by atoms with Crippen LogP contribution in [0.3, 0.4) is 0 Å². The molecule has 8 nitrogen and oxygen atoms in total. The third-order valence-electron chi connectivity index (χ3n) is 8.83. The minimum atomic E-state index is -1.15. The first-order valence-corrected chi connectivity index (χ1v) is 19.6. The van der Waals surface area contributed by atoms with Gasteiger partial charge in [-0.2, -0.15) is 5.10 Å². The number of carbonyl (C=O) groups is 3. The Bertz CT molecular complexity index is 1460. The summed E-state index contributed by atoms with van der Waals surface area (Å²) in [6.07, 6.45) is 4.19. The molecule has 1 heterocycles. The summed E-state index contributed by atoms with van der Waals surface area (Å²) in [5.41, 5.74) is 5.20. The van der Waals surface area contributed by atoms with Crippen molar-refractivity contribution in [3.8, 4) is 11.1 Å². The number of nitrogens with zero attached hydrogens (tertiary/aromatic N) is 2. The Labute approximate surface area is 262 Å². The number of ether oxygens (including phenoxy) is 1. The number of aromatic nitrogens is 2.